The van der Waals surface area contributed by atoms with Crippen LogP contribution in [0.2, 0.25) is 0 Å². The van der Waals surface area contributed by atoms with E-state index in [1.54, 1.807) is 78.3 Å². The summed E-state index contributed by atoms with van der Waals surface area (Å²) in [5, 5.41) is 28.4. The second-order valence-electron chi connectivity index (χ2n) is 21.3. The fourth-order valence-electron chi connectivity index (χ4n) is 8.53. The predicted octanol–water partition coefficient (Wildman–Crippen LogP) is 2.50. The number of aromatic nitrogens is 1. The van der Waals surface area contributed by atoms with Crippen molar-refractivity contribution in [3.8, 4) is 5.75 Å². The average molecular weight is 1150 g/mol. The SMILES string of the molecule is CSCC[C@H](NC(=O)[C@H](Cc1ccc(OS(=O)(=O)O)cc1)NC(=O)OC(C)(C)C)C(=O)NCC(=O)N[C@@H](Cc1c[nH]c2ccccc12)C(=O)N[C@H](C(=O)N[C@@H](CC(=O)O)C(=O)N[C@@H](Cc1c(C)cc(C)cc1C)C(N)=O)C(C)(C)C. The topological polar surface area (TPSA) is 373 Å². The summed E-state index contributed by atoms with van der Waals surface area (Å²) in [6.45, 7) is 14.5. The Morgan fingerprint density at radius 2 is 1.27 bits per heavy atom. The third-order valence-electron chi connectivity index (χ3n) is 12.3. The third-order valence-corrected chi connectivity index (χ3v) is 13.4. The van der Waals surface area contributed by atoms with Crippen LogP contribution >= 0.6 is 11.8 Å². The first-order valence-corrected chi connectivity index (χ1v) is 28.1. The van der Waals surface area contributed by atoms with Crippen LogP contribution in [-0.2, 0) is 72.8 Å². The molecule has 0 radical (unpaired) electrons. The summed E-state index contributed by atoms with van der Waals surface area (Å²) >= 11 is 1.35. The van der Waals surface area contributed by atoms with Gasteiger partial charge in [0.25, 0.3) is 0 Å². The Labute approximate surface area is 468 Å². The van der Waals surface area contributed by atoms with Crippen LogP contribution in [0.5, 0.6) is 5.75 Å². The van der Waals surface area contributed by atoms with Gasteiger partial charge in [-0.2, -0.15) is 20.2 Å². The Morgan fingerprint density at radius 1 is 0.700 bits per heavy atom. The van der Waals surface area contributed by atoms with E-state index in [0.29, 0.717) is 27.8 Å². The molecule has 0 saturated heterocycles. The molecule has 4 aromatic rings. The van der Waals surface area contributed by atoms with Crippen LogP contribution in [0.4, 0.5) is 4.79 Å². The van der Waals surface area contributed by atoms with E-state index in [4.69, 9.17) is 15.0 Å². The molecule has 0 spiro atoms. The number of nitrogens with one attached hydrogen (secondary N) is 8. The number of thioether (sulfide) groups is 1. The first-order chi connectivity index (χ1) is 37.2. The maximum atomic E-state index is 14.5. The Balaban J connectivity index is 1.56. The number of benzene rings is 3. The van der Waals surface area contributed by atoms with Crippen molar-refractivity contribution in [2.75, 3.05) is 18.6 Å². The highest BCUT2D eigenvalue weighted by Crippen LogP contribution is 2.24. The molecular weight excluding hydrogens is 1080 g/mol. The Hall–Kier alpha value is -7.71. The van der Waals surface area contributed by atoms with E-state index in [-0.39, 0.29) is 31.4 Å². The number of carboxylic acid groups (broad SMARTS) is 1. The van der Waals surface area contributed by atoms with E-state index in [1.165, 1.54) is 36.0 Å². The van der Waals surface area contributed by atoms with Gasteiger partial charge in [-0.1, -0.05) is 68.8 Å². The lowest BCUT2D eigenvalue weighted by Crippen LogP contribution is -2.62. The van der Waals surface area contributed by atoms with Crippen molar-refractivity contribution < 1.29 is 70.1 Å². The Bertz CT molecular complexity index is 3000. The molecule has 1 heterocycles. The van der Waals surface area contributed by atoms with Crippen molar-refractivity contribution >= 4 is 86.5 Å². The molecule has 3 aromatic carbocycles. The summed E-state index contributed by atoms with van der Waals surface area (Å²) in [6, 6.07) is 7.55. The lowest BCUT2D eigenvalue weighted by Gasteiger charge is -2.33. The average Bonchev–Trinajstić information content (AvgIpc) is 3.75. The number of primary amides is 1. The van der Waals surface area contributed by atoms with Gasteiger partial charge in [0.1, 0.15) is 47.6 Å². The number of carbonyl (C=O) groups is 9. The van der Waals surface area contributed by atoms with E-state index >= 15 is 0 Å². The molecule has 0 aliphatic heterocycles. The van der Waals surface area contributed by atoms with Gasteiger partial charge in [-0.05, 0) is 111 Å². The fourth-order valence-corrected chi connectivity index (χ4v) is 9.35. The summed E-state index contributed by atoms with van der Waals surface area (Å²) in [6.07, 6.45) is 1.21. The van der Waals surface area contributed by atoms with Crippen molar-refractivity contribution in [2.24, 2.45) is 11.1 Å². The predicted molar refractivity (Wildman–Crippen MR) is 298 cm³/mol. The summed E-state index contributed by atoms with van der Waals surface area (Å²) < 4.78 is 41.3. The van der Waals surface area contributed by atoms with Gasteiger partial charge in [-0.15, -0.1) is 0 Å². The highest BCUT2D eigenvalue weighted by atomic mass is 32.3. The largest absolute Gasteiger partial charge is 0.481 e. The van der Waals surface area contributed by atoms with Gasteiger partial charge >= 0.3 is 22.5 Å². The third kappa shape index (κ3) is 20.8. The number of rotatable bonds is 27. The number of aliphatic carboxylic acids is 1. The van der Waals surface area contributed by atoms with Crippen molar-refractivity contribution in [1.29, 1.82) is 0 Å². The van der Waals surface area contributed by atoms with Gasteiger partial charge in [0.2, 0.25) is 41.4 Å². The molecule has 0 fully saturated rings. The minimum Gasteiger partial charge on any atom is -0.481 e. The number of carbonyl (C=O) groups excluding carboxylic acids is 8. The second kappa shape index (κ2) is 28.4. The van der Waals surface area contributed by atoms with E-state index in [1.807, 2.05) is 32.9 Å². The van der Waals surface area contributed by atoms with Gasteiger partial charge in [0.05, 0.1) is 13.0 Å². The summed E-state index contributed by atoms with van der Waals surface area (Å²) in [7, 11) is -4.83. The lowest BCUT2D eigenvalue weighted by atomic mass is 9.85. The number of nitrogens with two attached hydrogens (primary N) is 1. The lowest BCUT2D eigenvalue weighted by molar-refractivity contribution is -0.142. The van der Waals surface area contributed by atoms with Crippen LogP contribution in [-0.4, -0.2) is 137 Å². The fraction of sp³-hybridized carbons (Fsp3) is 0.463. The molecule has 0 aliphatic carbocycles. The monoisotopic (exact) mass is 1150 g/mol. The van der Waals surface area contributed by atoms with Crippen LogP contribution in [0.25, 0.3) is 10.9 Å². The number of para-hydroxylation sites is 1. The first-order valence-electron chi connectivity index (χ1n) is 25.4. The normalized spacial score (nSPS) is 13.9. The van der Waals surface area contributed by atoms with Crippen molar-refractivity contribution in [2.45, 2.75) is 136 Å². The smallest absolute Gasteiger partial charge is 0.446 e. The van der Waals surface area contributed by atoms with Gasteiger partial charge < -0.3 is 62.0 Å². The highest BCUT2D eigenvalue weighted by molar-refractivity contribution is 7.98. The van der Waals surface area contributed by atoms with Crippen molar-refractivity contribution in [3.63, 3.8) is 0 Å². The Morgan fingerprint density at radius 3 is 1.85 bits per heavy atom. The summed E-state index contributed by atoms with van der Waals surface area (Å²) in [5.41, 5.74) is 8.71. The molecule has 0 saturated carbocycles. The zero-order valence-corrected chi connectivity index (χ0v) is 48.0. The van der Waals surface area contributed by atoms with Crippen LogP contribution in [0.15, 0.2) is 66.9 Å². The Kier molecular flexibility index (Phi) is 23.0. The number of aryl methyl sites for hydroxylation is 3. The van der Waals surface area contributed by atoms with Gasteiger partial charge in [-0.3, -0.25) is 42.9 Å². The number of alkyl carbamates (subject to hydrolysis) is 1. The number of fused-ring (bicyclic) bond motifs is 1. The minimum atomic E-state index is -4.83. The summed E-state index contributed by atoms with van der Waals surface area (Å²) in [4.78, 5) is 125. The number of ether oxygens (including phenoxy) is 1. The van der Waals surface area contributed by atoms with Gasteiger partial charge in [0, 0.05) is 36.4 Å². The molecule has 12 N–H and O–H groups in total. The number of hydrogen-bond acceptors (Lipinski definition) is 14. The number of aromatic amines is 1. The molecule has 4 rings (SSSR count). The van der Waals surface area contributed by atoms with E-state index in [0.717, 1.165) is 22.3 Å². The molecule has 436 valence electrons. The van der Waals surface area contributed by atoms with E-state index in [9.17, 15) is 56.7 Å². The quantitative estimate of drug-likeness (QED) is 0.0382. The second-order valence-corrected chi connectivity index (χ2v) is 23.3. The first kappa shape index (κ1) is 64.8. The molecule has 24 nitrogen and oxygen atoms in total. The standard InChI is InChI=1S/C54H73N9O15S2/c1-29-21-30(2)36(31(3)22-29)25-39(46(55)67)60-49(70)42(26-44(65)66)61-51(72)45(53(4,5)6)63-50(71)41(24-33-27-56-37-14-12-11-13-35(33)37)58-43(64)28-57-47(68)38(19-20-79-10)59-48(69)40(62-52(73)77-54(7,8)9)23-32-15-17-34(18-16-32)78-80(74,75)76/h11-18,21-22,27,38-42,45,56H,19-20,23-26,28H2,1-10H3,(H2,55,67)(H,57,68)(H,58,64)(H,59,69)(H,60,70)(H,61,72)(H,62,73)(H,63,71)(H,65,66)(H,74,75,76)/t38-,39-,40-,41-,42-,45+/m0/s1. The minimum absolute atomic E-state index is 0.0209. The number of hydrogen-bond donors (Lipinski definition) is 11. The van der Waals surface area contributed by atoms with Gasteiger partial charge in [-0.25, -0.2) is 4.79 Å². The zero-order valence-electron chi connectivity index (χ0n) is 46.4. The molecule has 1 aromatic heterocycles. The van der Waals surface area contributed by atoms with E-state index < -0.39 is 124 Å². The molecule has 26 heteroatoms. The van der Waals surface area contributed by atoms with Crippen molar-refractivity contribution in [3.05, 3.63) is 100 Å². The maximum absolute atomic E-state index is 14.5. The van der Waals surface area contributed by atoms with Gasteiger partial charge in [0.15, 0.2) is 0 Å². The summed E-state index contributed by atoms with van der Waals surface area (Å²) in [5.74, 6) is -7.64. The van der Waals surface area contributed by atoms with Crippen LogP contribution in [0.1, 0.15) is 87.8 Å². The molecule has 80 heavy (non-hydrogen) atoms. The number of H-pyrrole nitrogens is 1. The zero-order chi connectivity index (χ0) is 59.9. The van der Waals surface area contributed by atoms with Crippen molar-refractivity contribution in [1.82, 2.24) is 42.2 Å². The van der Waals surface area contributed by atoms with E-state index in [2.05, 4.69) is 46.4 Å². The molecule has 0 aliphatic rings. The molecule has 0 bridgehead atoms. The molecule has 0 unspecified atom stereocenters. The molecular formula is C54H73N9O15S2. The van der Waals surface area contributed by atoms with Crippen LogP contribution in [0, 0.1) is 26.2 Å². The molecule has 6 atom stereocenters. The number of amides is 8. The molecule has 8 amide bonds. The van der Waals surface area contributed by atoms with Crippen LogP contribution < -0.4 is 47.1 Å². The number of carboxylic acids is 1. The van der Waals surface area contributed by atoms with Crippen LogP contribution in [0.3, 0.4) is 0 Å². The highest BCUT2D eigenvalue weighted by Gasteiger charge is 2.38. The maximum Gasteiger partial charge on any atom is 0.446 e.